The van der Waals surface area contributed by atoms with Gasteiger partial charge >= 0.3 is 0 Å². The zero-order valence-corrected chi connectivity index (χ0v) is 10.3. The van der Waals surface area contributed by atoms with E-state index >= 15 is 0 Å². The summed E-state index contributed by atoms with van der Waals surface area (Å²) in [6, 6.07) is 17.9. The second kappa shape index (κ2) is 5.51. The van der Waals surface area contributed by atoms with Crippen LogP contribution in [0.3, 0.4) is 0 Å². The van der Waals surface area contributed by atoms with E-state index in [1.807, 2.05) is 54.6 Å². The lowest BCUT2D eigenvalue weighted by molar-refractivity contribution is 1.46. The quantitative estimate of drug-likeness (QED) is 0.627. The van der Waals surface area contributed by atoms with Crippen LogP contribution in [-0.4, -0.2) is 5.84 Å². The van der Waals surface area contributed by atoms with E-state index in [-0.39, 0.29) is 0 Å². The molecule has 0 fully saturated rings. The number of benzene rings is 2. The van der Waals surface area contributed by atoms with Gasteiger partial charge in [-0.05, 0) is 19.1 Å². The van der Waals surface area contributed by atoms with Gasteiger partial charge in [0.15, 0.2) is 5.84 Å². The van der Waals surface area contributed by atoms with Crippen LogP contribution in [0.1, 0.15) is 11.1 Å². The van der Waals surface area contributed by atoms with Gasteiger partial charge in [0.05, 0.1) is 0 Å². The van der Waals surface area contributed by atoms with E-state index in [1.54, 1.807) is 0 Å². The molecule has 0 atom stereocenters. The number of nitrogens with zero attached hydrogens (tertiary/aromatic N) is 1. The number of hydrogen-bond donors (Lipinski definition) is 1. The monoisotopic (exact) mass is 244 g/mol. The lowest BCUT2D eigenvalue weighted by Gasteiger charge is -2.08. The van der Waals surface area contributed by atoms with Crippen molar-refractivity contribution in [2.24, 2.45) is 4.51 Å². The number of aryl methyl sites for hydroxylation is 1. The predicted octanol–water partition coefficient (Wildman–Crippen LogP) is 4.01. The van der Waals surface area contributed by atoms with Gasteiger partial charge in [0.25, 0.3) is 0 Å². The van der Waals surface area contributed by atoms with E-state index in [1.165, 1.54) is 5.56 Å². The standard InChI is InChI=1S/C14H13ClN2/c1-11-7-9-13(10-8-11)16-14(17-15)12-5-3-2-4-6-12/h2-10H,1H3,(H,16,17). The molecule has 0 aliphatic carbocycles. The minimum atomic E-state index is 0.649. The number of rotatable bonds is 2. The van der Waals surface area contributed by atoms with Crippen molar-refractivity contribution >= 4 is 23.3 Å². The van der Waals surface area contributed by atoms with Crippen molar-refractivity contribution in [3.63, 3.8) is 0 Å². The number of halogens is 1. The summed E-state index contributed by atoms with van der Waals surface area (Å²) in [5.41, 5.74) is 3.15. The zero-order chi connectivity index (χ0) is 12.1. The highest BCUT2D eigenvalue weighted by atomic mass is 35.5. The normalized spacial score (nSPS) is 11.3. The maximum Gasteiger partial charge on any atom is 0.152 e. The van der Waals surface area contributed by atoms with Crippen LogP contribution in [0.2, 0.25) is 0 Å². The molecule has 1 N–H and O–H groups in total. The summed E-state index contributed by atoms with van der Waals surface area (Å²) in [5.74, 6) is 0.649. The van der Waals surface area contributed by atoms with E-state index in [4.69, 9.17) is 11.8 Å². The Hall–Kier alpha value is -1.80. The second-order valence-electron chi connectivity index (χ2n) is 3.79. The van der Waals surface area contributed by atoms with Crippen molar-refractivity contribution < 1.29 is 0 Å². The smallest absolute Gasteiger partial charge is 0.152 e. The Morgan fingerprint density at radius 3 is 2.24 bits per heavy atom. The van der Waals surface area contributed by atoms with E-state index < -0.39 is 0 Å². The zero-order valence-electron chi connectivity index (χ0n) is 9.52. The van der Waals surface area contributed by atoms with Gasteiger partial charge in [-0.2, -0.15) is 4.51 Å². The average Bonchev–Trinajstić information content (AvgIpc) is 2.39. The van der Waals surface area contributed by atoms with Gasteiger partial charge in [-0.3, -0.25) is 0 Å². The first-order valence-electron chi connectivity index (χ1n) is 5.37. The Kier molecular flexibility index (Phi) is 3.78. The number of amidine groups is 1. The molecular formula is C14H13ClN2. The van der Waals surface area contributed by atoms with Crippen LogP contribution in [0.25, 0.3) is 0 Å². The molecule has 0 amide bonds. The number of nitrogens with one attached hydrogen (secondary N) is 1. The predicted molar refractivity (Wildman–Crippen MR) is 73.6 cm³/mol. The molecule has 2 aromatic rings. The fourth-order valence-electron chi connectivity index (χ4n) is 1.51. The van der Waals surface area contributed by atoms with Crippen molar-refractivity contribution in [2.75, 3.05) is 5.32 Å². The van der Waals surface area contributed by atoms with E-state index in [9.17, 15) is 0 Å². The van der Waals surface area contributed by atoms with Crippen molar-refractivity contribution in [2.45, 2.75) is 6.92 Å². The summed E-state index contributed by atoms with van der Waals surface area (Å²) in [5, 5.41) is 3.19. The Morgan fingerprint density at radius 2 is 1.65 bits per heavy atom. The topological polar surface area (TPSA) is 24.4 Å². The largest absolute Gasteiger partial charge is 0.339 e. The molecule has 0 radical (unpaired) electrons. The molecule has 17 heavy (non-hydrogen) atoms. The number of hydrogen-bond acceptors (Lipinski definition) is 1. The van der Waals surface area contributed by atoms with Crippen molar-refractivity contribution in [1.29, 1.82) is 0 Å². The first kappa shape index (κ1) is 11.7. The van der Waals surface area contributed by atoms with Crippen LogP contribution in [0.4, 0.5) is 5.69 Å². The maximum absolute atomic E-state index is 5.61. The lowest BCUT2D eigenvalue weighted by Crippen LogP contribution is -2.12. The third-order valence-electron chi connectivity index (χ3n) is 2.45. The third-order valence-corrected chi connectivity index (χ3v) is 2.62. The SMILES string of the molecule is Cc1ccc(N/C(=N/Cl)c2ccccc2)cc1. The molecule has 0 saturated heterocycles. The van der Waals surface area contributed by atoms with Crippen LogP contribution in [0.5, 0.6) is 0 Å². The van der Waals surface area contributed by atoms with Crippen molar-refractivity contribution in [3.8, 4) is 0 Å². The molecule has 2 aromatic carbocycles. The third kappa shape index (κ3) is 3.08. The van der Waals surface area contributed by atoms with E-state index in [0.29, 0.717) is 5.84 Å². The summed E-state index contributed by atoms with van der Waals surface area (Å²) < 4.78 is 3.75. The van der Waals surface area contributed by atoms with Gasteiger partial charge < -0.3 is 5.32 Å². The molecule has 0 aliphatic heterocycles. The highest BCUT2D eigenvalue weighted by Crippen LogP contribution is 2.11. The minimum absolute atomic E-state index is 0.649. The fraction of sp³-hybridized carbons (Fsp3) is 0.0714. The Balaban J connectivity index is 2.19. The highest BCUT2D eigenvalue weighted by molar-refractivity contribution is 6.24. The molecule has 0 unspecified atom stereocenters. The molecular weight excluding hydrogens is 232 g/mol. The molecule has 2 rings (SSSR count). The molecule has 0 bridgehead atoms. The molecule has 0 aliphatic rings. The Bertz CT molecular complexity index is 504. The van der Waals surface area contributed by atoms with Crippen LogP contribution >= 0.6 is 11.8 Å². The molecule has 3 heteroatoms. The van der Waals surface area contributed by atoms with E-state index in [2.05, 4.69) is 16.8 Å². The first-order valence-corrected chi connectivity index (χ1v) is 5.71. The minimum Gasteiger partial charge on any atom is -0.339 e. The summed E-state index contributed by atoms with van der Waals surface area (Å²) in [6.07, 6.45) is 0. The van der Waals surface area contributed by atoms with Gasteiger partial charge in [0.2, 0.25) is 0 Å². The molecule has 0 aromatic heterocycles. The molecule has 0 heterocycles. The summed E-state index contributed by atoms with van der Waals surface area (Å²) >= 11 is 5.61. The maximum atomic E-state index is 5.61. The highest BCUT2D eigenvalue weighted by Gasteiger charge is 2.02. The summed E-state index contributed by atoms with van der Waals surface area (Å²) in [6.45, 7) is 2.05. The van der Waals surface area contributed by atoms with Gasteiger partial charge in [-0.15, -0.1) is 0 Å². The van der Waals surface area contributed by atoms with Crippen LogP contribution in [-0.2, 0) is 0 Å². The summed E-state index contributed by atoms with van der Waals surface area (Å²) in [7, 11) is 0. The number of anilines is 1. The lowest BCUT2D eigenvalue weighted by atomic mass is 10.2. The van der Waals surface area contributed by atoms with Crippen LogP contribution in [0.15, 0.2) is 59.1 Å². The molecule has 0 saturated carbocycles. The second-order valence-corrected chi connectivity index (χ2v) is 3.96. The first-order chi connectivity index (χ1) is 8.29. The fourth-order valence-corrected chi connectivity index (χ4v) is 1.65. The Morgan fingerprint density at radius 1 is 1.00 bits per heavy atom. The van der Waals surface area contributed by atoms with Gasteiger partial charge in [0, 0.05) is 23.0 Å². The summed E-state index contributed by atoms with van der Waals surface area (Å²) in [4.78, 5) is 0. The van der Waals surface area contributed by atoms with Crippen molar-refractivity contribution in [1.82, 2.24) is 0 Å². The van der Waals surface area contributed by atoms with Crippen LogP contribution in [0, 0.1) is 6.92 Å². The Labute approximate surface area is 106 Å². The molecule has 86 valence electrons. The molecule has 2 nitrogen and oxygen atoms in total. The van der Waals surface area contributed by atoms with Crippen molar-refractivity contribution in [3.05, 3.63) is 65.7 Å². The molecule has 0 spiro atoms. The van der Waals surface area contributed by atoms with Crippen LogP contribution < -0.4 is 5.32 Å². The van der Waals surface area contributed by atoms with E-state index in [0.717, 1.165) is 11.3 Å². The van der Waals surface area contributed by atoms with Gasteiger partial charge in [0.1, 0.15) is 0 Å². The average molecular weight is 245 g/mol. The van der Waals surface area contributed by atoms with Gasteiger partial charge in [-0.25, -0.2) is 0 Å². The van der Waals surface area contributed by atoms with Gasteiger partial charge in [-0.1, -0.05) is 48.0 Å².